The molecule has 2 unspecified atom stereocenters. The van der Waals surface area contributed by atoms with E-state index in [1.165, 1.54) is 42.6 Å². The third kappa shape index (κ3) is 3.25. The van der Waals surface area contributed by atoms with Gasteiger partial charge in [-0.3, -0.25) is 4.68 Å². The van der Waals surface area contributed by atoms with Crippen LogP contribution in [0.4, 0.5) is 0 Å². The zero-order valence-electron chi connectivity index (χ0n) is 14.1. The number of aryl methyl sites for hydroxylation is 2. The minimum Gasteiger partial charge on any atom is -0.307 e. The molecule has 0 bridgehead atoms. The Morgan fingerprint density at radius 3 is 2.65 bits per heavy atom. The topological polar surface area (TPSA) is 29.9 Å². The summed E-state index contributed by atoms with van der Waals surface area (Å²) in [4.78, 5) is 0. The molecule has 0 amide bonds. The quantitative estimate of drug-likeness (QED) is 0.896. The lowest BCUT2D eigenvalue weighted by Crippen LogP contribution is -2.38. The Bertz CT molecular complexity index is 459. The number of nitrogens with one attached hydrogen (secondary N) is 1. The lowest BCUT2D eigenvalue weighted by Gasteiger charge is -2.37. The first-order chi connectivity index (χ1) is 9.34. The fraction of sp³-hybridized carbons (Fsp3) is 0.824. The largest absolute Gasteiger partial charge is 0.307 e. The van der Waals surface area contributed by atoms with E-state index in [2.05, 4.69) is 56.6 Å². The van der Waals surface area contributed by atoms with Crippen LogP contribution in [-0.2, 0) is 6.54 Å². The highest BCUT2D eigenvalue weighted by Gasteiger charge is 2.29. The van der Waals surface area contributed by atoms with Gasteiger partial charge in [-0.15, -0.1) is 0 Å². The maximum atomic E-state index is 4.65. The van der Waals surface area contributed by atoms with E-state index in [1.54, 1.807) is 0 Å². The van der Waals surface area contributed by atoms with Gasteiger partial charge in [-0.25, -0.2) is 0 Å². The molecule has 1 aliphatic carbocycles. The molecule has 0 radical (unpaired) electrons. The molecule has 1 fully saturated rings. The Morgan fingerprint density at radius 2 is 2.10 bits per heavy atom. The van der Waals surface area contributed by atoms with Crippen molar-refractivity contribution in [3.63, 3.8) is 0 Å². The zero-order valence-corrected chi connectivity index (χ0v) is 14.1. The van der Waals surface area contributed by atoms with Crippen molar-refractivity contribution in [3.8, 4) is 0 Å². The van der Waals surface area contributed by atoms with Gasteiger partial charge in [0.05, 0.1) is 5.69 Å². The first-order valence-electron chi connectivity index (χ1n) is 8.14. The fourth-order valence-corrected chi connectivity index (χ4v) is 3.92. The highest BCUT2D eigenvalue weighted by atomic mass is 15.3. The predicted octanol–water partition coefficient (Wildman–Crippen LogP) is 4.14. The second kappa shape index (κ2) is 5.88. The number of aromatic nitrogens is 2. The van der Waals surface area contributed by atoms with E-state index in [0.29, 0.717) is 17.5 Å². The van der Waals surface area contributed by atoms with Crippen LogP contribution < -0.4 is 5.32 Å². The van der Waals surface area contributed by atoms with Gasteiger partial charge in [0.25, 0.3) is 0 Å². The molecule has 1 N–H and O–H groups in total. The van der Waals surface area contributed by atoms with Crippen LogP contribution >= 0.6 is 0 Å². The molecule has 2 atom stereocenters. The van der Waals surface area contributed by atoms with E-state index in [1.807, 2.05) is 0 Å². The predicted molar refractivity (Wildman–Crippen MR) is 85.0 cm³/mol. The molecule has 1 saturated carbocycles. The van der Waals surface area contributed by atoms with E-state index in [9.17, 15) is 0 Å². The number of hydrogen-bond acceptors (Lipinski definition) is 2. The van der Waals surface area contributed by atoms with Crippen LogP contribution in [0, 0.1) is 19.3 Å². The van der Waals surface area contributed by atoms with E-state index < -0.39 is 0 Å². The fourth-order valence-electron chi connectivity index (χ4n) is 3.92. The molecule has 1 aromatic heterocycles. The van der Waals surface area contributed by atoms with Gasteiger partial charge in [-0.05, 0) is 52.4 Å². The smallest absolute Gasteiger partial charge is 0.0644 e. The SMILES string of the molecule is CCn1nc(C)c(C(C)NC2CCCC(C)(C)C2)c1C. The monoisotopic (exact) mass is 277 g/mol. The summed E-state index contributed by atoms with van der Waals surface area (Å²) in [6.45, 7) is 14.5. The van der Waals surface area contributed by atoms with Gasteiger partial charge in [0.15, 0.2) is 0 Å². The Balaban J connectivity index is 2.08. The Kier molecular flexibility index (Phi) is 4.58. The van der Waals surface area contributed by atoms with Gasteiger partial charge in [0.2, 0.25) is 0 Å². The lowest BCUT2D eigenvalue weighted by atomic mass is 9.75. The summed E-state index contributed by atoms with van der Waals surface area (Å²) >= 11 is 0. The van der Waals surface area contributed by atoms with Crippen molar-refractivity contribution < 1.29 is 0 Å². The highest BCUT2D eigenvalue weighted by Crippen LogP contribution is 2.36. The van der Waals surface area contributed by atoms with Crippen LogP contribution in [0.25, 0.3) is 0 Å². The summed E-state index contributed by atoms with van der Waals surface area (Å²) in [5.74, 6) is 0. The molecule has 1 aliphatic rings. The molecule has 1 heterocycles. The Morgan fingerprint density at radius 1 is 1.40 bits per heavy atom. The number of hydrogen-bond donors (Lipinski definition) is 1. The molecule has 114 valence electrons. The zero-order chi connectivity index (χ0) is 14.9. The molecule has 3 heteroatoms. The van der Waals surface area contributed by atoms with Gasteiger partial charge >= 0.3 is 0 Å². The van der Waals surface area contributed by atoms with E-state index in [0.717, 1.165) is 6.54 Å². The molecule has 20 heavy (non-hydrogen) atoms. The van der Waals surface area contributed by atoms with E-state index in [-0.39, 0.29) is 0 Å². The standard InChI is InChI=1S/C17H31N3/c1-7-20-14(4)16(13(3)19-20)12(2)18-15-9-8-10-17(5,6)11-15/h12,15,18H,7-11H2,1-6H3. The third-order valence-corrected chi connectivity index (χ3v) is 4.86. The third-order valence-electron chi connectivity index (χ3n) is 4.86. The minimum absolute atomic E-state index is 0.397. The summed E-state index contributed by atoms with van der Waals surface area (Å²) < 4.78 is 2.12. The molecular formula is C17H31N3. The number of rotatable bonds is 4. The summed E-state index contributed by atoms with van der Waals surface area (Å²) in [7, 11) is 0. The van der Waals surface area contributed by atoms with Crippen LogP contribution in [0.1, 0.15) is 76.4 Å². The lowest BCUT2D eigenvalue weighted by molar-refractivity contribution is 0.191. The van der Waals surface area contributed by atoms with Crippen LogP contribution in [0.5, 0.6) is 0 Å². The molecular weight excluding hydrogens is 246 g/mol. The van der Waals surface area contributed by atoms with Crippen molar-refractivity contribution in [2.75, 3.05) is 0 Å². The second-order valence-corrected chi connectivity index (χ2v) is 7.25. The molecule has 0 aromatic carbocycles. The van der Waals surface area contributed by atoms with Crippen molar-refractivity contribution in [1.82, 2.24) is 15.1 Å². The normalized spacial score (nSPS) is 23.8. The maximum absolute atomic E-state index is 4.65. The van der Waals surface area contributed by atoms with Gasteiger partial charge in [-0.1, -0.05) is 20.3 Å². The summed E-state index contributed by atoms with van der Waals surface area (Å²) in [6, 6.07) is 1.05. The van der Waals surface area contributed by atoms with Crippen molar-refractivity contribution in [3.05, 3.63) is 17.0 Å². The molecule has 0 saturated heterocycles. The molecule has 0 spiro atoms. The van der Waals surface area contributed by atoms with E-state index in [4.69, 9.17) is 0 Å². The molecule has 0 aliphatic heterocycles. The van der Waals surface area contributed by atoms with Gasteiger partial charge in [0.1, 0.15) is 0 Å². The first-order valence-corrected chi connectivity index (χ1v) is 8.14. The summed E-state index contributed by atoms with van der Waals surface area (Å²) in [5.41, 5.74) is 4.39. The average Bonchev–Trinajstić information content (AvgIpc) is 2.62. The second-order valence-electron chi connectivity index (χ2n) is 7.25. The number of nitrogens with zero attached hydrogens (tertiary/aromatic N) is 2. The molecule has 3 nitrogen and oxygen atoms in total. The molecule has 2 rings (SSSR count). The Hall–Kier alpha value is -0.830. The summed E-state index contributed by atoms with van der Waals surface area (Å²) in [5, 5.41) is 8.50. The van der Waals surface area contributed by atoms with Gasteiger partial charge < -0.3 is 5.32 Å². The van der Waals surface area contributed by atoms with Crippen LogP contribution in [0.3, 0.4) is 0 Å². The van der Waals surface area contributed by atoms with E-state index >= 15 is 0 Å². The van der Waals surface area contributed by atoms with Crippen molar-refractivity contribution >= 4 is 0 Å². The van der Waals surface area contributed by atoms with Gasteiger partial charge in [-0.2, -0.15) is 5.10 Å². The highest BCUT2D eigenvalue weighted by molar-refractivity contribution is 5.28. The van der Waals surface area contributed by atoms with Crippen LogP contribution in [-0.4, -0.2) is 15.8 Å². The first kappa shape index (κ1) is 15.6. The van der Waals surface area contributed by atoms with Crippen molar-refractivity contribution in [2.24, 2.45) is 5.41 Å². The maximum Gasteiger partial charge on any atom is 0.0644 e. The minimum atomic E-state index is 0.397. The van der Waals surface area contributed by atoms with Crippen molar-refractivity contribution in [1.29, 1.82) is 0 Å². The van der Waals surface area contributed by atoms with Crippen molar-refractivity contribution in [2.45, 2.75) is 85.9 Å². The Labute approximate surface area is 124 Å². The van der Waals surface area contributed by atoms with Gasteiger partial charge in [0, 0.05) is 29.9 Å². The summed E-state index contributed by atoms with van der Waals surface area (Å²) in [6.07, 6.45) is 5.32. The average molecular weight is 277 g/mol. The van der Waals surface area contributed by atoms with Crippen LogP contribution in [0.15, 0.2) is 0 Å². The van der Waals surface area contributed by atoms with Crippen LogP contribution in [0.2, 0.25) is 0 Å². The molecule has 1 aromatic rings.